The Morgan fingerprint density at radius 3 is 2.48 bits per heavy atom. The van der Waals surface area contributed by atoms with Crippen molar-refractivity contribution in [1.82, 2.24) is 19.9 Å². The van der Waals surface area contributed by atoms with Crippen LogP contribution in [0.2, 0.25) is 18.1 Å². The highest BCUT2D eigenvalue weighted by Gasteiger charge is 2.43. The lowest BCUT2D eigenvalue weighted by atomic mass is 9.78. The lowest BCUT2D eigenvalue weighted by Crippen LogP contribution is -2.44. The number of benzene rings is 3. The van der Waals surface area contributed by atoms with Gasteiger partial charge in [-0.25, -0.2) is 14.4 Å². The van der Waals surface area contributed by atoms with Crippen molar-refractivity contribution in [2.24, 2.45) is 5.92 Å². The van der Waals surface area contributed by atoms with Gasteiger partial charge in [0, 0.05) is 18.4 Å². The Kier molecular flexibility index (Phi) is 9.57. The predicted octanol–water partition coefficient (Wildman–Crippen LogP) is 7.95. The highest BCUT2D eigenvalue weighted by atomic mass is 28.4. The van der Waals surface area contributed by atoms with E-state index in [0.717, 1.165) is 44.4 Å². The Bertz CT molecular complexity index is 1730. The first-order chi connectivity index (χ1) is 21.7. The summed E-state index contributed by atoms with van der Waals surface area (Å²) < 4.78 is 14.0. The molecule has 244 valence electrons. The summed E-state index contributed by atoms with van der Waals surface area (Å²) in [5.41, 5.74) is 8.04. The summed E-state index contributed by atoms with van der Waals surface area (Å²) >= 11 is 0. The second-order valence-corrected chi connectivity index (χ2v) is 19.0. The first-order valence-corrected chi connectivity index (χ1v) is 19.2. The molecule has 1 aromatic heterocycles. The number of carbonyl (C=O) groups excluding carboxylic acids is 2. The van der Waals surface area contributed by atoms with Gasteiger partial charge >= 0.3 is 6.09 Å². The van der Waals surface area contributed by atoms with E-state index in [1.54, 1.807) is 0 Å². The topological polar surface area (TPSA) is 86.5 Å². The van der Waals surface area contributed by atoms with Gasteiger partial charge in [0.1, 0.15) is 12.1 Å². The van der Waals surface area contributed by atoms with Gasteiger partial charge in [-0.1, -0.05) is 87.5 Å². The molecule has 5 rings (SSSR count). The smallest absolute Gasteiger partial charge is 0.416 e. The molecular weight excluding hydrogens is 593 g/mol. The van der Waals surface area contributed by atoms with Crippen LogP contribution in [0.25, 0.3) is 11.0 Å². The van der Waals surface area contributed by atoms with Crippen molar-refractivity contribution in [3.63, 3.8) is 0 Å². The maximum Gasteiger partial charge on any atom is 0.416 e. The standard InChI is InChI=1S/C37H48N4O4Si/c1-10-40-32-19-18-31(25(3)34(32)38-39-40)33(28-17-16-24(2)29(21-28)22-45-46(8,9)37(5,6)7)26(4)35(42)41-30(23-44-36(41)43)20-27-14-12-11-13-15-27/h11-19,21,26,30,33H,10,20,22-23H2,1-9H3/t26?,30-,33?/m1/s1. The number of amides is 2. The summed E-state index contributed by atoms with van der Waals surface area (Å²) in [6.45, 7) is 20.8. The van der Waals surface area contributed by atoms with Crippen LogP contribution >= 0.6 is 0 Å². The first-order valence-electron chi connectivity index (χ1n) is 16.3. The van der Waals surface area contributed by atoms with Crippen LogP contribution in [0.4, 0.5) is 4.79 Å². The van der Waals surface area contributed by atoms with Crippen LogP contribution in [0.5, 0.6) is 0 Å². The van der Waals surface area contributed by atoms with Crippen LogP contribution in [0, 0.1) is 19.8 Å². The molecule has 2 amide bonds. The number of aryl methyl sites for hydroxylation is 3. The molecule has 4 aromatic rings. The predicted molar refractivity (Wildman–Crippen MR) is 184 cm³/mol. The molecule has 0 bridgehead atoms. The lowest BCUT2D eigenvalue weighted by Gasteiger charge is -2.36. The Balaban J connectivity index is 1.56. The average molecular weight is 641 g/mol. The first kappa shape index (κ1) is 33.5. The Morgan fingerprint density at radius 1 is 1.09 bits per heavy atom. The number of hydrogen-bond acceptors (Lipinski definition) is 6. The molecule has 8 nitrogen and oxygen atoms in total. The molecule has 0 N–H and O–H groups in total. The second kappa shape index (κ2) is 13.1. The molecule has 1 saturated heterocycles. The van der Waals surface area contributed by atoms with Gasteiger partial charge in [-0.3, -0.25) is 4.79 Å². The molecule has 0 saturated carbocycles. The summed E-state index contributed by atoms with van der Waals surface area (Å²) in [6.07, 6.45) is -0.0396. The third-order valence-electron chi connectivity index (χ3n) is 10.1. The van der Waals surface area contributed by atoms with Gasteiger partial charge in [-0.05, 0) is 84.8 Å². The summed E-state index contributed by atoms with van der Waals surface area (Å²) in [7, 11) is -1.99. The fraction of sp³-hybridized carbons (Fsp3) is 0.459. The molecule has 3 atom stereocenters. The molecule has 0 spiro atoms. The fourth-order valence-corrected chi connectivity index (χ4v) is 7.08. The molecule has 2 heterocycles. The molecule has 2 unspecified atom stereocenters. The van der Waals surface area contributed by atoms with Crippen molar-refractivity contribution in [2.45, 2.75) is 98.1 Å². The zero-order valence-corrected chi connectivity index (χ0v) is 29.8. The van der Waals surface area contributed by atoms with Crippen LogP contribution in [0.15, 0.2) is 60.7 Å². The van der Waals surface area contributed by atoms with Gasteiger partial charge in [-0.2, -0.15) is 0 Å². The van der Waals surface area contributed by atoms with E-state index in [0.29, 0.717) is 19.6 Å². The molecule has 1 aliphatic heterocycles. The van der Waals surface area contributed by atoms with Crippen molar-refractivity contribution in [1.29, 1.82) is 0 Å². The van der Waals surface area contributed by atoms with Crippen molar-refractivity contribution < 1.29 is 18.8 Å². The fourth-order valence-electron chi connectivity index (χ4n) is 6.13. The van der Waals surface area contributed by atoms with Crippen LogP contribution in [0.3, 0.4) is 0 Å². The van der Waals surface area contributed by atoms with E-state index in [2.05, 4.69) is 82.3 Å². The number of aromatic nitrogens is 3. The number of imide groups is 1. The molecule has 0 aliphatic carbocycles. The number of fused-ring (bicyclic) bond motifs is 1. The van der Waals surface area contributed by atoms with E-state index in [9.17, 15) is 9.59 Å². The van der Waals surface area contributed by atoms with Crippen molar-refractivity contribution in [3.05, 3.63) is 94.0 Å². The minimum absolute atomic E-state index is 0.0884. The number of rotatable bonds is 10. The van der Waals surface area contributed by atoms with Crippen molar-refractivity contribution >= 4 is 31.4 Å². The summed E-state index contributed by atoms with van der Waals surface area (Å²) in [4.78, 5) is 28.9. The summed E-state index contributed by atoms with van der Waals surface area (Å²) in [5, 5.41) is 8.97. The lowest BCUT2D eigenvalue weighted by molar-refractivity contribution is -0.133. The second-order valence-electron chi connectivity index (χ2n) is 14.2. The third-order valence-corrected chi connectivity index (χ3v) is 14.6. The highest BCUT2D eigenvalue weighted by Crippen LogP contribution is 2.40. The van der Waals surface area contributed by atoms with Gasteiger partial charge in [-0.15, -0.1) is 5.10 Å². The molecule has 0 radical (unpaired) electrons. The number of nitrogens with zero attached hydrogens (tertiary/aromatic N) is 4. The van der Waals surface area contributed by atoms with Crippen LogP contribution < -0.4 is 0 Å². The number of carbonyl (C=O) groups is 2. The zero-order valence-electron chi connectivity index (χ0n) is 28.8. The third kappa shape index (κ3) is 6.53. The average Bonchev–Trinajstić information content (AvgIpc) is 3.61. The van der Waals surface area contributed by atoms with Crippen molar-refractivity contribution in [2.75, 3.05) is 6.61 Å². The van der Waals surface area contributed by atoms with Gasteiger partial charge < -0.3 is 9.16 Å². The maximum atomic E-state index is 14.5. The SMILES string of the molecule is CCn1nnc2c(C)c(C(c3ccc(C)c(CO[Si](C)(C)C(C)(C)C)c3)C(C)C(=O)N3C(=O)OC[C@H]3Cc3ccccc3)ccc21. The van der Waals surface area contributed by atoms with Gasteiger partial charge in [0.15, 0.2) is 8.32 Å². The van der Waals surface area contributed by atoms with E-state index in [4.69, 9.17) is 9.16 Å². The molecule has 46 heavy (non-hydrogen) atoms. The Morgan fingerprint density at radius 2 is 1.80 bits per heavy atom. The molecule has 9 heteroatoms. The van der Waals surface area contributed by atoms with Gasteiger partial charge in [0.2, 0.25) is 5.91 Å². The van der Waals surface area contributed by atoms with Crippen LogP contribution in [-0.4, -0.2) is 52.9 Å². The molecule has 1 aliphatic rings. The largest absolute Gasteiger partial charge is 0.447 e. The Labute approximate surface area is 274 Å². The van der Waals surface area contributed by atoms with E-state index in [1.165, 1.54) is 4.90 Å². The Hall–Kier alpha value is -3.82. The minimum Gasteiger partial charge on any atom is -0.447 e. The molecular formula is C37H48N4O4Si. The molecule has 3 aromatic carbocycles. The van der Waals surface area contributed by atoms with E-state index in [-0.39, 0.29) is 29.5 Å². The number of ether oxygens (including phenoxy) is 1. The quantitative estimate of drug-likeness (QED) is 0.164. The van der Waals surface area contributed by atoms with Crippen molar-refractivity contribution in [3.8, 4) is 0 Å². The van der Waals surface area contributed by atoms with E-state index in [1.807, 2.05) is 54.9 Å². The normalized spacial score (nSPS) is 16.9. The zero-order chi connectivity index (χ0) is 33.4. The van der Waals surface area contributed by atoms with Gasteiger partial charge in [0.05, 0.1) is 18.2 Å². The summed E-state index contributed by atoms with van der Waals surface area (Å²) in [6, 6.07) is 20.1. The van der Waals surface area contributed by atoms with E-state index < -0.39 is 20.3 Å². The van der Waals surface area contributed by atoms with E-state index >= 15 is 0 Å². The minimum atomic E-state index is -1.99. The molecule has 1 fully saturated rings. The maximum absolute atomic E-state index is 14.5. The summed E-state index contributed by atoms with van der Waals surface area (Å²) in [5.74, 6) is -1.16. The monoisotopic (exact) mass is 640 g/mol. The van der Waals surface area contributed by atoms with Crippen LogP contribution in [0.1, 0.15) is 73.9 Å². The number of hydrogen-bond donors (Lipinski definition) is 0. The van der Waals surface area contributed by atoms with Crippen LogP contribution in [-0.2, 0) is 33.5 Å². The van der Waals surface area contributed by atoms with Gasteiger partial charge in [0.25, 0.3) is 0 Å². The highest BCUT2D eigenvalue weighted by molar-refractivity contribution is 6.74. The number of cyclic esters (lactones) is 1.